The summed E-state index contributed by atoms with van der Waals surface area (Å²) >= 11 is 1.67. The van der Waals surface area contributed by atoms with Crippen molar-refractivity contribution in [3.8, 4) is 0 Å². The zero-order chi connectivity index (χ0) is 14.1. The van der Waals surface area contributed by atoms with Gasteiger partial charge >= 0.3 is 0 Å². The number of rotatable bonds is 4. The Morgan fingerprint density at radius 1 is 1.39 bits per heavy atom. The second kappa shape index (κ2) is 5.02. The number of hydrogen-bond donors (Lipinski definition) is 1. The van der Waals surface area contributed by atoms with Gasteiger partial charge in [0.2, 0.25) is 5.91 Å². The van der Waals surface area contributed by atoms with E-state index in [9.17, 15) is 4.79 Å². The maximum absolute atomic E-state index is 12.6. The van der Waals surface area contributed by atoms with Gasteiger partial charge in [-0.15, -0.1) is 11.3 Å². The van der Waals surface area contributed by atoms with E-state index in [0.29, 0.717) is 0 Å². The van der Waals surface area contributed by atoms with Gasteiger partial charge in [0.25, 0.3) is 0 Å². The fourth-order valence-electron chi connectivity index (χ4n) is 1.61. The predicted molar refractivity (Wildman–Crippen MR) is 77.6 cm³/mol. The molecule has 102 valence electrons. The molecule has 0 saturated heterocycles. The summed E-state index contributed by atoms with van der Waals surface area (Å²) in [5.41, 5.74) is 4.99. The first-order valence-corrected chi connectivity index (χ1v) is 7.06. The topological polar surface area (TPSA) is 46.3 Å². The summed E-state index contributed by atoms with van der Waals surface area (Å²) in [6.07, 6.45) is 0. The molecule has 0 spiro atoms. The molecule has 1 unspecified atom stereocenters. The minimum atomic E-state index is -0.590. The van der Waals surface area contributed by atoms with Gasteiger partial charge in [-0.2, -0.15) is 0 Å². The van der Waals surface area contributed by atoms with E-state index in [1.54, 1.807) is 16.2 Å². The Morgan fingerprint density at radius 2 is 1.94 bits per heavy atom. The van der Waals surface area contributed by atoms with Crippen LogP contribution in [0.3, 0.4) is 0 Å². The van der Waals surface area contributed by atoms with Crippen molar-refractivity contribution >= 4 is 17.2 Å². The minimum absolute atomic E-state index is 0.0795. The lowest BCUT2D eigenvalue weighted by atomic mass is 9.74. The van der Waals surface area contributed by atoms with E-state index in [-0.39, 0.29) is 11.9 Å². The quantitative estimate of drug-likeness (QED) is 0.912. The summed E-state index contributed by atoms with van der Waals surface area (Å²) in [7, 11) is 1.85. The Balaban J connectivity index is 2.91. The maximum atomic E-state index is 12.6. The summed E-state index contributed by atoms with van der Waals surface area (Å²) in [6.45, 7) is 9.66. The monoisotopic (exact) mass is 268 g/mol. The van der Waals surface area contributed by atoms with Crippen LogP contribution in [0.1, 0.15) is 45.5 Å². The highest BCUT2D eigenvalue weighted by atomic mass is 32.1. The molecule has 0 aliphatic rings. The van der Waals surface area contributed by atoms with Crippen LogP contribution in [0.2, 0.25) is 0 Å². The van der Waals surface area contributed by atoms with Gasteiger partial charge in [-0.25, -0.2) is 0 Å². The molecule has 0 radical (unpaired) electrons. The molecule has 0 bridgehead atoms. The molecule has 0 fully saturated rings. The first-order chi connectivity index (χ1) is 8.09. The van der Waals surface area contributed by atoms with Gasteiger partial charge in [0, 0.05) is 17.5 Å². The summed E-state index contributed by atoms with van der Waals surface area (Å²) in [5.74, 6) is 0.0795. The Kier molecular flexibility index (Phi) is 4.23. The molecule has 0 aromatic carbocycles. The van der Waals surface area contributed by atoms with E-state index in [1.807, 2.05) is 53.1 Å². The number of carbonyl (C=O) groups excluding carboxylic acids is 1. The smallest absolute Gasteiger partial charge is 0.230 e. The van der Waals surface area contributed by atoms with Crippen LogP contribution in [0.15, 0.2) is 17.5 Å². The largest absolute Gasteiger partial charge is 0.338 e. The van der Waals surface area contributed by atoms with E-state index in [1.165, 1.54) is 4.88 Å². The summed E-state index contributed by atoms with van der Waals surface area (Å²) < 4.78 is 0. The van der Waals surface area contributed by atoms with Crippen molar-refractivity contribution in [2.75, 3.05) is 7.05 Å². The van der Waals surface area contributed by atoms with Crippen molar-refractivity contribution in [3.05, 3.63) is 22.4 Å². The van der Waals surface area contributed by atoms with Crippen molar-refractivity contribution in [1.29, 1.82) is 0 Å². The fraction of sp³-hybridized carbons (Fsp3) is 0.643. The first-order valence-electron chi connectivity index (χ1n) is 6.18. The van der Waals surface area contributed by atoms with Gasteiger partial charge in [-0.1, -0.05) is 6.07 Å². The molecular formula is C14H24N2OS. The second-order valence-electron chi connectivity index (χ2n) is 5.95. The lowest BCUT2D eigenvalue weighted by molar-refractivity contribution is -0.144. The van der Waals surface area contributed by atoms with Crippen LogP contribution in [0.25, 0.3) is 0 Å². The lowest BCUT2D eigenvalue weighted by Crippen LogP contribution is -2.56. The molecule has 1 rings (SSSR count). The molecule has 4 heteroatoms. The predicted octanol–water partition coefficient (Wildman–Crippen LogP) is 3.03. The third kappa shape index (κ3) is 2.75. The first kappa shape index (κ1) is 15.2. The SMILES string of the molecule is CC(c1cccs1)N(C)C(=O)C(C)(C)C(C)(C)N. The van der Waals surface area contributed by atoms with Gasteiger partial charge in [0.1, 0.15) is 0 Å². The average molecular weight is 268 g/mol. The standard InChI is InChI=1S/C14H24N2OS/c1-10(11-8-7-9-18-11)16(6)12(17)13(2,3)14(4,5)15/h7-10H,15H2,1-6H3. The van der Waals surface area contributed by atoms with Crippen LogP contribution in [0.5, 0.6) is 0 Å². The van der Waals surface area contributed by atoms with Gasteiger partial charge in [0.05, 0.1) is 11.5 Å². The Labute approximate surface area is 114 Å². The van der Waals surface area contributed by atoms with Crippen molar-refractivity contribution in [1.82, 2.24) is 4.90 Å². The van der Waals surface area contributed by atoms with Gasteiger partial charge in [0.15, 0.2) is 0 Å². The number of amides is 1. The molecule has 0 aliphatic carbocycles. The zero-order valence-electron chi connectivity index (χ0n) is 12.2. The van der Waals surface area contributed by atoms with Crippen LogP contribution < -0.4 is 5.73 Å². The van der Waals surface area contributed by atoms with Crippen LogP contribution in [-0.2, 0) is 4.79 Å². The number of hydrogen-bond acceptors (Lipinski definition) is 3. The highest BCUT2D eigenvalue weighted by Gasteiger charge is 2.42. The molecule has 3 nitrogen and oxygen atoms in total. The van der Waals surface area contributed by atoms with E-state index >= 15 is 0 Å². The maximum Gasteiger partial charge on any atom is 0.230 e. The van der Waals surface area contributed by atoms with E-state index in [2.05, 4.69) is 6.07 Å². The Bertz CT molecular complexity index is 404. The normalized spacial score (nSPS) is 14.4. The number of carbonyl (C=O) groups is 1. The molecule has 0 aliphatic heterocycles. The third-order valence-electron chi connectivity index (χ3n) is 4.00. The number of nitrogens with zero attached hydrogens (tertiary/aromatic N) is 1. The number of nitrogens with two attached hydrogens (primary N) is 1. The van der Waals surface area contributed by atoms with E-state index in [4.69, 9.17) is 5.73 Å². The van der Waals surface area contributed by atoms with Gasteiger partial charge in [-0.3, -0.25) is 4.79 Å². The zero-order valence-corrected chi connectivity index (χ0v) is 13.0. The van der Waals surface area contributed by atoms with Crippen molar-refractivity contribution in [2.24, 2.45) is 11.1 Å². The average Bonchev–Trinajstić information content (AvgIpc) is 2.77. The Morgan fingerprint density at radius 3 is 2.33 bits per heavy atom. The van der Waals surface area contributed by atoms with Crippen molar-refractivity contribution in [3.63, 3.8) is 0 Å². The molecule has 0 saturated carbocycles. The van der Waals surface area contributed by atoms with Gasteiger partial charge < -0.3 is 10.6 Å². The third-order valence-corrected chi connectivity index (χ3v) is 5.04. The van der Waals surface area contributed by atoms with Crippen LogP contribution in [0.4, 0.5) is 0 Å². The minimum Gasteiger partial charge on any atom is -0.338 e. The summed E-state index contributed by atoms with van der Waals surface area (Å²) in [5, 5.41) is 2.03. The van der Waals surface area contributed by atoms with E-state index < -0.39 is 11.0 Å². The molecule has 1 aromatic heterocycles. The second-order valence-corrected chi connectivity index (χ2v) is 6.93. The fourth-order valence-corrected chi connectivity index (χ4v) is 2.44. The molecule has 18 heavy (non-hydrogen) atoms. The molecular weight excluding hydrogens is 244 g/mol. The van der Waals surface area contributed by atoms with Crippen LogP contribution in [-0.4, -0.2) is 23.4 Å². The van der Waals surface area contributed by atoms with E-state index in [0.717, 1.165) is 0 Å². The molecule has 1 atom stereocenters. The summed E-state index contributed by atoms with van der Waals surface area (Å²) in [4.78, 5) is 15.6. The summed E-state index contributed by atoms with van der Waals surface area (Å²) in [6, 6.07) is 4.14. The van der Waals surface area contributed by atoms with Crippen molar-refractivity contribution < 1.29 is 4.79 Å². The van der Waals surface area contributed by atoms with Crippen molar-refractivity contribution in [2.45, 2.75) is 46.2 Å². The molecule has 1 aromatic rings. The van der Waals surface area contributed by atoms with Crippen LogP contribution in [0, 0.1) is 5.41 Å². The highest BCUT2D eigenvalue weighted by Crippen LogP contribution is 2.33. The molecule has 1 heterocycles. The molecule has 1 amide bonds. The number of thiophene rings is 1. The highest BCUT2D eigenvalue weighted by molar-refractivity contribution is 7.10. The molecule has 2 N–H and O–H groups in total. The van der Waals surface area contributed by atoms with Gasteiger partial charge in [-0.05, 0) is 46.1 Å². The Hall–Kier alpha value is -0.870. The lowest BCUT2D eigenvalue weighted by Gasteiger charge is -2.41. The van der Waals surface area contributed by atoms with Crippen LogP contribution >= 0.6 is 11.3 Å².